The number of hydrazine groups is 1. The summed E-state index contributed by atoms with van der Waals surface area (Å²) in [5, 5.41) is 14.8. The number of hydrogen-bond acceptors (Lipinski definition) is 6. The predicted octanol–water partition coefficient (Wildman–Crippen LogP) is 5.95. The van der Waals surface area contributed by atoms with E-state index < -0.39 is 52.6 Å². The standard InChI is InChI=1S/C37H29ClFN3O5/c1-41-33(44)26-17-16-25-28(30(26)35(41)46)18-29-34(45)42(40-23-13-11-22(39)12-14-23)36(47)37(29,20-7-9-21(38)10-8-20)31(25)27-15-6-19-4-2-3-5-24(19)32(27)43/h2-16,26,28-31,40,43H,17-18H2,1H3. The minimum atomic E-state index is -1.57. The molecule has 0 aromatic heterocycles. The van der Waals surface area contributed by atoms with Gasteiger partial charge in [0, 0.05) is 28.9 Å². The Bertz CT molecular complexity index is 2050. The quantitative estimate of drug-likeness (QED) is 0.209. The van der Waals surface area contributed by atoms with Crippen molar-refractivity contribution in [1.82, 2.24) is 9.91 Å². The molecule has 236 valence electrons. The third-order valence-corrected chi connectivity index (χ3v) is 11.0. The maximum atomic E-state index is 15.2. The van der Waals surface area contributed by atoms with Crippen LogP contribution in [0.15, 0.2) is 96.6 Å². The smallest absolute Gasteiger partial charge is 0.260 e. The van der Waals surface area contributed by atoms with Gasteiger partial charge in [-0.2, -0.15) is 5.01 Å². The van der Waals surface area contributed by atoms with E-state index >= 15 is 4.79 Å². The second-order valence-electron chi connectivity index (χ2n) is 12.8. The van der Waals surface area contributed by atoms with E-state index in [1.54, 1.807) is 36.4 Å². The van der Waals surface area contributed by atoms with Gasteiger partial charge in [0.2, 0.25) is 11.8 Å². The van der Waals surface area contributed by atoms with E-state index in [0.717, 1.165) is 16.0 Å². The van der Waals surface area contributed by atoms with Gasteiger partial charge in [0.25, 0.3) is 11.8 Å². The van der Waals surface area contributed by atoms with Crippen LogP contribution in [0.3, 0.4) is 0 Å². The number of likely N-dealkylation sites (tertiary alicyclic amines) is 1. The number of allylic oxidation sites excluding steroid dienone is 2. The van der Waals surface area contributed by atoms with Crippen LogP contribution in [-0.2, 0) is 24.6 Å². The summed E-state index contributed by atoms with van der Waals surface area (Å²) in [6, 6.07) is 23.1. The minimum Gasteiger partial charge on any atom is -0.507 e. The van der Waals surface area contributed by atoms with E-state index in [0.29, 0.717) is 27.2 Å². The lowest BCUT2D eigenvalue weighted by Crippen LogP contribution is -2.53. The average Bonchev–Trinajstić information content (AvgIpc) is 3.43. The number of benzene rings is 4. The number of imide groups is 2. The van der Waals surface area contributed by atoms with Crippen LogP contribution in [0, 0.1) is 29.5 Å². The fourth-order valence-corrected chi connectivity index (χ4v) is 8.79. The minimum absolute atomic E-state index is 0.0278. The Morgan fingerprint density at radius 2 is 1.60 bits per heavy atom. The van der Waals surface area contributed by atoms with E-state index in [1.807, 2.05) is 30.3 Å². The number of nitrogens with zero attached hydrogens (tertiary/aromatic N) is 2. The molecule has 3 fully saturated rings. The van der Waals surface area contributed by atoms with E-state index in [1.165, 1.54) is 36.2 Å². The lowest BCUT2D eigenvalue weighted by atomic mass is 9.49. The summed E-state index contributed by atoms with van der Waals surface area (Å²) in [7, 11) is 1.48. The van der Waals surface area contributed by atoms with Crippen molar-refractivity contribution in [3.63, 3.8) is 0 Å². The number of fused-ring (bicyclic) bond motifs is 5. The maximum absolute atomic E-state index is 15.2. The van der Waals surface area contributed by atoms with E-state index in [9.17, 15) is 23.9 Å². The van der Waals surface area contributed by atoms with Gasteiger partial charge in [-0.05, 0) is 66.1 Å². The Balaban J connectivity index is 1.40. The summed E-state index contributed by atoms with van der Waals surface area (Å²) < 4.78 is 13.8. The molecule has 0 bridgehead atoms. The first-order valence-corrected chi connectivity index (χ1v) is 15.9. The topological polar surface area (TPSA) is 107 Å². The zero-order chi connectivity index (χ0) is 32.8. The Kier molecular flexibility index (Phi) is 6.57. The van der Waals surface area contributed by atoms with E-state index in [2.05, 4.69) is 5.43 Å². The van der Waals surface area contributed by atoms with Crippen LogP contribution in [0.25, 0.3) is 10.8 Å². The molecule has 2 heterocycles. The normalized spacial score (nSPS) is 28.3. The van der Waals surface area contributed by atoms with Gasteiger partial charge in [-0.1, -0.05) is 71.8 Å². The highest BCUT2D eigenvalue weighted by atomic mass is 35.5. The largest absolute Gasteiger partial charge is 0.507 e. The molecule has 2 aliphatic heterocycles. The highest BCUT2D eigenvalue weighted by Gasteiger charge is 2.70. The molecule has 4 aromatic rings. The zero-order valence-electron chi connectivity index (χ0n) is 25.2. The van der Waals surface area contributed by atoms with Gasteiger partial charge in [-0.25, -0.2) is 4.39 Å². The molecule has 0 spiro atoms. The number of phenolic OH excluding ortho intramolecular Hbond substituents is 1. The average molecular weight is 650 g/mol. The summed E-state index contributed by atoms with van der Waals surface area (Å²) in [6.07, 6.45) is 2.36. The van der Waals surface area contributed by atoms with Crippen molar-refractivity contribution in [3.8, 4) is 5.75 Å². The molecule has 8 rings (SSSR count). The predicted molar refractivity (Wildman–Crippen MR) is 172 cm³/mol. The molecule has 10 heteroatoms. The number of phenols is 1. The number of hydrogen-bond donors (Lipinski definition) is 2. The maximum Gasteiger partial charge on any atom is 0.260 e. The molecule has 1 saturated carbocycles. The summed E-state index contributed by atoms with van der Waals surface area (Å²) in [5.74, 6) is -5.85. The summed E-state index contributed by atoms with van der Waals surface area (Å²) in [4.78, 5) is 57.8. The van der Waals surface area contributed by atoms with Gasteiger partial charge in [-0.15, -0.1) is 0 Å². The van der Waals surface area contributed by atoms with Gasteiger partial charge in [-0.3, -0.25) is 29.5 Å². The fourth-order valence-electron chi connectivity index (χ4n) is 8.66. The van der Waals surface area contributed by atoms with Crippen LogP contribution >= 0.6 is 11.6 Å². The summed E-state index contributed by atoms with van der Waals surface area (Å²) >= 11 is 6.33. The van der Waals surface area contributed by atoms with Crippen molar-refractivity contribution in [2.45, 2.75) is 24.2 Å². The SMILES string of the molecule is CN1C(=O)C2CC=C3C(CC4C(=O)N(Nc5ccc(F)cc5)C(=O)C4(c4ccc(Cl)cc4)C3c3ccc4ccccc4c3O)C2C1=O. The first-order chi connectivity index (χ1) is 22.6. The van der Waals surface area contributed by atoms with Crippen LogP contribution in [-0.4, -0.2) is 45.7 Å². The zero-order valence-corrected chi connectivity index (χ0v) is 25.9. The van der Waals surface area contributed by atoms with Gasteiger partial charge in [0.1, 0.15) is 11.6 Å². The number of aromatic hydroxyl groups is 1. The van der Waals surface area contributed by atoms with Gasteiger partial charge >= 0.3 is 0 Å². The van der Waals surface area contributed by atoms with E-state index in [-0.39, 0.29) is 30.4 Å². The summed E-state index contributed by atoms with van der Waals surface area (Å²) in [5.41, 5.74) is 3.39. The van der Waals surface area contributed by atoms with Crippen molar-refractivity contribution >= 4 is 51.7 Å². The number of carbonyl (C=O) groups excluding carboxylic acids is 4. The molecule has 47 heavy (non-hydrogen) atoms. The van der Waals surface area contributed by atoms with Gasteiger partial charge < -0.3 is 5.11 Å². The Morgan fingerprint density at radius 1 is 0.872 bits per heavy atom. The van der Waals surface area contributed by atoms with Crippen LogP contribution in [0.5, 0.6) is 5.75 Å². The molecule has 8 nitrogen and oxygen atoms in total. The molecule has 6 atom stereocenters. The third kappa shape index (κ3) is 4.05. The van der Waals surface area contributed by atoms with Crippen LogP contribution in [0.2, 0.25) is 5.02 Å². The molecular weight excluding hydrogens is 621 g/mol. The van der Waals surface area contributed by atoms with Crippen molar-refractivity contribution in [1.29, 1.82) is 0 Å². The lowest BCUT2D eigenvalue weighted by Gasteiger charge is -2.50. The molecule has 2 aliphatic carbocycles. The molecule has 6 unspecified atom stereocenters. The molecule has 4 aliphatic rings. The van der Waals surface area contributed by atoms with Crippen molar-refractivity contribution in [3.05, 3.63) is 119 Å². The monoisotopic (exact) mass is 649 g/mol. The number of amides is 4. The van der Waals surface area contributed by atoms with Crippen LogP contribution < -0.4 is 5.43 Å². The third-order valence-electron chi connectivity index (χ3n) is 10.7. The number of carbonyl (C=O) groups is 4. The van der Waals surface area contributed by atoms with Crippen molar-refractivity contribution < 1.29 is 28.7 Å². The number of rotatable bonds is 4. The fraction of sp³-hybridized carbons (Fsp3) is 0.243. The first-order valence-electron chi connectivity index (χ1n) is 15.5. The summed E-state index contributed by atoms with van der Waals surface area (Å²) in [6.45, 7) is 0. The molecule has 0 radical (unpaired) electrons. The Hall–Kier alpha value is -5.02. The molecule has 4 amide bonds. The molecular formula is C37H29ClFN3O5. The molecule has 2 N–H and O–H groups in total. The number of nitrogens with one attached hydrogen (secondary N) is 1. The van der Waals surface area contributed by atoms with Gasteiger partial charge in [0.15, 0.2) is 0 Å². The lowest BCUT2D eigenvalue weighted by molar-refractivity contribution is -0.140. The van der Waals surface area contributed by atoms with Crippen molar-refractivity contribution in [2.24, 2.45) is 23.7 Å². The van der Waals surface area contributed by atoms with Crippen molar-refractivity contribution in [2.75, 3.05) is 12.5 Å². The van der Waals surface area contributed by atoms with Gasteiger partial charge in [0.05, 0.1) is 28.9 Å². The second kappa shape index (κ2) is 10.5. The molecule has 4 aromatic carbocycles. The molecule has 2 saturated heterocycles. The van der Waals surface area contributed by atoms with Crippen LogP contribution in [0.1, 0.15) is 29.9 Å². The van der Waals surface area contributed by atoms with E-state index in [4.69, 9.17) is 11.6 Å². The highest BCUT2D eigenvalue weighted by Crippen LogP contribution is 2.65. The second-order valence-corrected chi connectivity index (χ2v) is 13.3. The van der Waals surface area contributed by atoms with Crippen LogP contribution in [0.4, 0.5) is 10.1 Å². The highest BCUT2D eigenvalue weighted by molar-refractivity contribution is 6.30. The Labute approximate surface area is 274 Å². The number of halogens is 2. The number of anilines is 1. The first kappa shape index (κ1) is 29.4. The Morgan fingerprint density at radius 3 is 2.34 bits per heavy atom.